The van der Waals surface area contributed by atoms with E-state index in [-0.39, 0.29) is 0 Å². The second-order valence-electron chi connectivity index (χ2n) is 2.88. The number of benzene rings is 1. The Morgan fingerprint density at radius 1 is 1.40 bits per heavy atom. The monoisotopic (exact) mass is 241 g/mol. The predicted molar refractivity (Wildman–Crippen MR) is 59.0 cm³/mol. The van der Waals surface area contributed by atoms with Crippen molar-refractivity contribution >= 4 is 29.1 Å². The average Bonchev–Trinajstić information content (AvgIpc) is 2.56. The molecule has 2 N–H and O–H groups in total. The van der Waals surface area contributed by atoms with Crippen molar-refractivity contribution in [2.24, 2.45) is 0 Å². The number of rotatable bonds is 2. The Balaban J connectivity index is 2.24. The van der Waals surface area contributed by atoms with E-state index >= 15 is 0 Å². The Morgan fingerprint density at radius 3 is 2.80 bits per heavy atom. The van der Waals surface area contributed by atoms with Gasteiger partial charge in [-0.15, -0.1) is 10.2 Å². The number of hydrogen-bond donors (Lipinski definition) is 1. The molecule has 2 aromatic rings. The lowest BCUT2D eigenvalue weighted by molar-refractivity contribution is 0.429. The van der Waals surface area contributed by atoms with E-state index in [1.165, 1.54) is 11.8 Å². The SMILES string of the molecule is Cc1nnc(Sc2ccc(N)cc2Cl)o1. The second-order valence-corrected chi connectivity index (χ2v) is 4.28. The van der Waals surface area contributed by atoms with Gasteiger partial charge in [0.15, 0.2) is 0 Å². The maximum Gasteiger partial charge on any atom is 0.281 e. The van der Waals surface area contributed by atoms with Gasteiger partial charge in [0.25, 0.3) is 5.22 Å². The van der Waals surface area contributed by atoms with Crippen LogP contribution >= 0.6 is 23.4 Å². The molecule has 78 valence electrons. The molecule has 4 nitrogen and oxygen atoms in total. The maximum absolute atomic E-state index is 6.00. The Kier molecular flexibility index (Phi) is 2.83. The number of aromatic nitrogens is 2. The Labute approximate surface area is 95.8 Å². The lowest BCUT2D eigenvalue weighted by atomic mass is 10.3. The molecule has 0 unspecified atom stereocenters. The summed E-state index contributed by atoms with van der Waals surface area (Å²) in [5.74, 6) is 0.532. The van der Waals surface area contributed by atoms with E-state index in [4.69, 9.17) is 21.8 Å². The Bertz CT molecular complexity index is 486. The molecule has 1 aromatic carbocycles. The van der Waals surface area contributed by atoms with Crippen LogP contribution in [0.4, 0.5) is 5.69 Å². The van der Waals surface area contributed by atoms with Crippen LogP contribution in [0.3, 0.4) is 0 Å². The Hall–Kier alpha value is -1.20. The number of halogens is 1. The summed E-state index contributed by atoms with van der Waals surface area (Å²) in [7, 11) is 0. The summed E-state index contributed by atoms with van der Waals surface area (Å²) >= 11 is 7.31. The summed E-state index contributed by atoms with van der Waals surface area (Å²) in [6.45, 7) is 1.74. The first-order chi connectivity index (χ1) is 7.15. The van der Waals surface area contributed by atoms with E-state index in [0.717, 1.165) is 4.90 Å². The van der Waals surface area contributed by atoms with E-state index in [0.29, 0.717) is 21.8 Å². The normalized spacial score (nSPS) is 10.5. The van der Waals surface area contributed by atoms with Gasteiger partial charge >= 0.3 is 0 Å². The molecule has 2 rings (SSSR count). The molecule has 0 saturated carbocycles. The number of anilines is 1. The van der Waals surface area contributed by atoms with Crippen molar-refractivity contribution in [1.82, 2.24) is 10.2 Å². The number of nitrogens with two attached hydrogens (primary N) is 1. The van der Waals surface area contributed by atoms with E-state index < -0.39 is 0 Å². The largest absolute Gasteiger partial charge is 0.416 e. The molecule has 6 heteroatoms. The molecule has 1 aromatic heterocycles. The van der Waals surface area contributed by atoms with Crippen molar-refractivity contribution in [2.75, 3.05) is 5.73 Å². The zero-order valence-electron chi connectivity index (χ0n) is 7.90. The van der Waals surface area contributed by atoms with Crippen LogP contribution in [0, 0.1) is 6.92 Å². The van der Waals surface area contributed by atoms with Gasteiger partial charge in [0.05, 0.1) is 5.02 Å². The van der Waals surface area contributed by atoms with Crippen LogP contribution in [-0.2, 0) is 0 Å². The molecule has 0 spiro atoms. The van der Waals surface area contributed by atoms with Crippen molar-refractivity contribution in [3.05, 3.63) is 29.1 Å². The third kappa shape index (κ3) is 2.43. The summed E-state index contributed by atoms with van der Waals surface area (Å²) in [5.41, 5.74) is 6.21. The van der Waals surface area contributed by atoms with Crippen LogP contribution in [0.15, 0.2) is 32.7 Å². The summed E-state index contributed by atoms with van der Waals surface area (Å²) < 4.78 is 5.22. The maximum atomic E-state index is 6.00. The average molecular weight is 242 g/mol. The topological polar surface area (TPSA) is 64.9 Å². The van der Waals surface area contributed by atoms with Gasteiger partial charge in [-0.1, -0.05) is 11.6 Å². The molecular weight excluding hydrogens is 234 g/mol. The minimum atomic E-state index is 0.471. The van der Waals surface area contributed by atoms with Crippen LogP contribution in [0.1, 0.15) is 5.89 Å². The zero-order chi connectivity index (χ0) is 10.8. The smallest absolute Gasteiger partial charge is 0.281 e. The third-order valence-electron chi connectivity index (χ3n) is 1.66. The number of hydrogen-bond acceptors (Lipinski definition) is 5. The van der Waals surface area contributed by atoms with Crippen molar-refractivity contribution in [3.8, 4) is 0 Å². The molecule has 1 heterocycles. The molecule has 0 radical (unpaired) electrons. The highest BCUT2D eigenvalue weighted by atomic mass is 35.5. The van der Waals surface area contributed by atoms with Gasteiger partial charge < -0.3 is 10.2 Å². The highest BCUT2D eigenvalue weighted by molar-refractivity contribution is 7.99. The molecule has 0 bridgehead atoms. The highest BCUT2D eigenvalue weighted by Gasteiger charge is 2.08. The van der Waals surface area contributed by atoms with Gasteiger partial charge in [-0.2, -0.15) is 0 Å². The summed E-state index contributed by atoms with van der Waals surface area (Å²) in [6, 6.07) is 5.28. The first-order valence-corrected chi connectivity index (χ1v) is 5.37. The molecule has 0 aliphatic heterocycles. The van der Waals surface area contributed by atoms with Gasteiger partial charge in [0.2, 0.25) is 5.89 Å². The fourth-order valence-corrected chi connectivity index (χ4v) is 2.04. The van der Waals surface area contributed by atoms with E-state index in [1.54, 1.807) is 19.1 Å². The lowest BCUT2D eigenvalue weighted by Gasteiger charge is -2.00. The second kappa shape index (κ2) is 4.12. The van der Waals surface area contributed by atoms with Crippen LogP contribution in [0.25, 0.3) is 0 Å². The number of nitrogen functional groups attached to an aromatic ring is 1. The van der Waals surface area contributed by atoms with Crippen LogP contribution in [-0.4, -0.2) is 10.2 Å². The molecule has 0 aliphatic rings. The van der Waals surface area contributed by atoms with Crippen LogP contribution in [0.2, 0.25) is 5.02 Å². The minimum absolute atomic E-state index is 0.471. The summed E-state index contributed by atoms with van der Waals surface area (Å²) in [5, 5.41) is 8.64. The van der Waals surface area contributed by atoms with Gasteiger partial charge in [0, 0.05) is 17.5 Å². The van der Waals surface area contributed by atoms with Crippen molar-refractivity contribution in [3.63, 3.8) is 0 Å². The quantitative estimate of drug-likeness (QED) is 0.819. The van der Waals surface area contributed by atoms with E-state index in [1.807, 2.05) is 6.07 Å². The Morgan fingerprint density at radius 2 is 2.20 bits per heavy atom. The number of aryl methyl sites for hydroxylation is 1. The highest BCUT2D eigenvalue weighted by Crippen LogP contribution is 2.33. The molecule has 0 saturated heterocycles. The lowest BCUT2D eigenvalue weighted by Crippen LogP contribution is -1.84. The predicted octanol–water partition coefficient (Wildman–Crippen LogP) is 2.76. The first-order valence-electron chi connectivity index (χ1n) is 4.18. The van der Waals surface area contributed by atoms with Crippen molar-refractivity contribution < 1.29 is 4.42 Å². The molecule has 0 aliphatic carbocycles. The standard InChI is InChI=1S/C9H8ClN3OS/c1-5-12-13-9(14-5)15-8-3-2-6(11)4-7(8)10/h2-4H,11H2,1H3. The first kappa shape index (κ1) is 10.3. The van der Waals surface area contributed by atoms with Gasteiger partial charge in [0.1, 0.15) is 0 Å². The van der Waals surface area contributed by atoms with Crippen molar-refractivity contribution in [2.45, 2.75) is 17.0 Å². The number of nitrogens with zero attached hydrogens (tertiary/aromatic N) is 2. The fourth-order valence-electron chi connectivity index (χ4n) is 1.01. The van der Waals surface area contributed by atoms with Crippen LogP contribution in [0.5, 0.6) is 0 Å². The van der Waals surface area contributed by atoms with E-state index in [2.05, 4.69) is 10.2 Å². The van der Waals surface area contributed by atoms with Crippen molar-refractivity contribution in [1.29, 1.82) is 0 Å². The molecule has 0 fully saturated rings. The van der Waals surface area contributed by atoms with Gasteiger partial charge in [-0.05, 0) is 30.0 Å². The third-order valence-corrected chi connectivity index (χ3v) is 3.00. The zero-order valence-corrected chi connectivity index (χ0v) is 9.47. The molecular formula is C9H8ClN3OS. The summed E-state index contributed by atoms with van der Waals surface area (Å²) in [6.07, 6.45) is 0. The van der Waals surface area contributed by atoms with Gasteiger partial charge in [-0.3, -0.25) is 0 Å². The van der Waals surface area contributed by atoms with Gasteiger partial charge in [-0.25, -0.2) is 0 Å². The summed E-state index contributed by atoms with van der Waals surface area (Å²) in [4.78, 5) is 0.842. The van der Waals surface area contributed by atoms with Crippen LogP contribution < -0.4 is 5.73 Å². The molecule has 0 atom stereocenters. The minimum Gasteiger partial charge on any atom is -0.416 e. The molecule has 0 amide bonds. The fraction of sp³-hybridized carbons (Fsp3) is 0.111. The molecule has 15 heavy (non-hydrogen) atoms. The van der Waals surface area contributed by atoms with E-state index in [9.17, 15) is 0 Å².